The molecule has 0 spiro atoms. The number of ether oxygens (including phenoxy) is 2. The third-order valence-corrected chi connectivity index (χ3v) is 3.98. The highest BCUT2D eigenvalue weighted by atomic mass is 35.5. The molecule has 150 valence electrons. The molecule has 1 heterocycles. The lowest BCUT2D eigenvalue weighted by Crippen LogP contribution is -2.37. The van der Waals surface area contributed by atoms with Crippen LogP contribution in [0.3, 0.4) is 0 Å². The molecule has 0 unspecified atom stereocenters. The Morgan fingerprint density at radius 1 is 1.18 bits per heavy atom. The lowest BCUT2D eigenvalue weighted by Gasteiger charge is -2.29. The van der Waals surface area contributed by atoms with Gasteiger partial charge < -0.3 is 14.6 Å². The standard InChI is InChI=1S/C19H22ClN3O5/c1-11-14(17(24)25)21-22-16(20)15(11)23(18(26)28-19(2,3)4)10-12-6-8-13(27-5)9-7-12/h6-9H,10H2,1-5H3,(H,24,25). The number of hydrogen-bond donors (Lipinski definition) is 1. The molecule has 1 N–H and O–H groups in total. The van der Waals surface area contributed by atoms with E-state index in [-0.39, 0.29) is 28.6 Å². The summed E-state index contributed by atoms with van der Waals surface area (Å²) in [6.07, 6.45) is -0.683. The molecule has 1 amide bonds. The van der Waals surface area contributed by atoms with Crippen molar-refractivity contribution in [2.24, 2.45) is 0 Å². The first-order valence-electron chi connectivity index (χ1n) is 8.43. The van der Waals surface area contributed by atoms with Crippen molar-refractivity contribution < 1.29 is 24.2 Å². The van der Waals surface area contributed by atoms with Crippen LogP contribution in [0.2, 0.25) is 5.15 Å². The first-order valence-corrected chi connectivity index (χ1v) is 8.80. The number of carboxylic acids is 1. The van der Waals surface area contributed by atoms with Gasteiger partial charge in [-0.2, -0.15) is 0 Å². The molecule has 9 heteroatoms. The minimum atomic E-state index is -1.27. The number of carbonyl (C=O) groups is 2. The van der Waals surface area contributed by atoms with Gasteiger partial charge in [0.1, 0.15) is 11.4 Å². The maximum absolute atomic E-state index is 12.9. The second kappa shape index (κ2) is 8.43. The minimum absolute atomic E-state index is 0.0875. The quantitative estimate of drug-likeness (QED) is 0.796. The van der Waals surface area contributed by atoms with Crippen molar-refractivity contribution in [3.63, 3.8) is 0 Å². The number of amides is 1. The second-order valence-corrected chi connectivity index (χ2v) is 7.39. The Morgan fingerprint density at radius 2 is 1.79 bits per heavy atom. The van der Waals surface area contributed by atoms with Gasteiger partial charge in [-0.3, -0.25) is 4.90 Å². The fraction of sp³-hybridized carbons (Fsp3) is 0.368. The Labute approximate surface area is 168 Å². The van der Waals surface area contributed by atoms with Crippen molar-refractivity contribution in [1.29, 1.82) is 0 Å². The van der Waals surface area contributed by atoms with Crippen molar-refractivity contribution in [2.45, 2.75) is 39.8 Å². The summed E-state index contributed by atoms with van der Waals surface area (Å²) in [7, 11) is 1.56. The molecule has 2 aromatic rings. The number of carbonyl (C=O) groups excluding carboxylic acids is 1. The third-order valence-electron chi connectivity index (χ3n) is 3.73. The van der Waals surface area contributed by atoms with Gasteiger partial charge in [-0.05, 0) is 45.4 Å². The molecule has 0 saturated carbocycles. The normalized spacial score (nSPS) is 11.1. The summed E-state index contributed by atoms with van der Waals surface area (Å²) in [6, 6.07) is 7.08. The van der Waals surface area contributed by atoms with Crippen molar-refractivity contribution >= 4 is 29.4 Å². The van der Waals surface area contributed by atoms with Gasteiger partial charge >= 0.3 is 12.1 Å². The smallest absolute Gasteiger partial charge is 0.415 e. The Balaban J connectivity index is 2.53. The Bertz CT molecular complexity index is 878. The zero-order chi connectivity index (χ0) is 21.1. The van der Waals surface area contributed by atoms with Crippen LogP contribution in [0.15, 0.2) is 24.3 Å². The number of rotatable bonds is 5. The van der Waals surface area contributed by atoms with Gasteiger partial charge in [0.05, 0.1) is 19.3 Å². The Hall–Kier alpha value is -2.87. The van der Waals surface area contributed by atoms with Crippen LogP contribution >= 0.6 is 11.6 Å². The van der Waals surface area contributed by atoms with E-state index in [1.165, 1.54) is 11.8 Å². The molecule has 0 fully saturated rings. The average molecular weight is 408 g/mol. The number of anilines is 1. The van der Waals surface area contributed by atoms with Crippen molar-refractivity contribution in [3.8, 4) is 5.75 Å². The lowest BCUT2D eigenvalue weighted by atomic mass is 10.1. The van der Waals surface area contributed by atoms with Crippen LogP contribution < -0.4 is 9.64 Å². The predicted molar refractivity (Wildman–Crippen MR) is 104 cm³/mol. The summed E-state index contributed by atoms with van der Waals surface area (Å²) >= 11 is 6.19. The van der Waals surface area contributed by atoms with Crippen LogP contribution in [-0.2, 0) is 11.3 Å². The van der Waals surface area contributed by atoms with E-state index in [0.717, 1.165) is 5.56 Å². The maximum atomic E-state index is 12.9. The van der Waals surface area contributed by atoms with E-state index in [4.69, 9.17) is 21.1 Å². The maximum Gasteiger partial charge on any atom is 0.415 e. The molecule has 0 bridgehead atoms. The predicted octanol–water partition coefficient (Wildman–Crippen LogP) is 4.09. The summed E-state index contributed by atoms with van der Waals surface area (Å²) in [5.41, 5.74) is 0.0654. The van der Waals surface area contributed by atoms with E-state index < -0.39 is 17.7 Å². The molecule has 1 aromatic carbocycles. The molecule has 0 saturated heterocycles. The Kier molecular flexibility index (Phi) is 6.45. The fourth-order valence-electron chi connectivity index (χ4n) is 2.47. The summed E-state index contributed by atoms with van der Waals surface area (Å²) in [5.74, 6) is -0.600. The van der Waals surface area contributed by atoms with Crippen LogP contribution in [0.25, 0.3) is 0 Å². The number of nitrogens with zero attached hydrogens (tertiary/aromatic N) is 3. The Morgan fingerprint density at radius 3 is 2.29 bits per heavy atom. The topological polar surface area (TPSA) is 102 Å². The van der Waals surface area contributed by atoms with Gasteiger partial charge in [0.2, 0.25) is 0 Å². The van der Waals surface area contributed by atoms with E-state index >= 15 is 0 Å². The van der Waals surface area contributed by atoms with E-state index in [0.29, 0.717) is 5.75 Å². The van der Waals surface area contributed by atoms with E-state index in [1.54, 1.807) is 52.1 Å². The molecule has 0 aliphatic carbocycles. The van der Waals surface area contributed by atoms with Crippen molar-refractivity contribution in [1.82, 2.24) is 10.2 Å². The first kappa shape index (κ1) is 21.4. The molecular weight excluding hydrogens is 386 g/mol. The number of aromatic nitrogens is 2. The summed E-state index contributed by atoms with van der Waals surface area (Å²) in [4.78, 5) is 25.6. The monoisotopic (exact) mass is 407 g/mol. The molecule has 2 rings (SSSR count). The number of methoxy groups -OCH3 is 1. The highest BCUT2D eigenvalue weighted by Gasteiger charge is 2.29. The zero-order valence-electron chi connectivity index (χ0n) is 16.3. The van der Waals surface area contributed by atoms with Gasteiger partial charge in [0.25, 0.3) is 0 Å². The molecular formula is C19H22ClN3O5. The van der Waals surface area contributed by atoms with Crippen molar-refractivity contribution in [2.75, 3.05) is 12.0 Å². The largest absolute Gasteiger partial charge is 0.497 e. The molecule has 0 aliphatic heterocycles. The van der Waals surface area contributed by atoms with Gasteiger partial charge in [-0.15, -0.1) is 10.2 Å². The molecule has 8 nitrogen and oxygen atoms in total. The SMILES string of the molecule is COc1ccc(CN(C(=O)OC(C)(C)C)c2c(Cl)nnc(C(=O)O)c2C)cc1. The van der Waals surface area contributed by atoms with E-state index in [2.05, 4.69) is 10.2 Å². The number of carboxylic acid groups (broad SMARTS) is 1. The highest BCUT2D eigenvalue weighted by molar-refractivity contribution is 6.32. The van der Waals surface area contributed by atoms with Gasteiger partial charge in [0.15, 0.2) is 10.8 Å². The number of hydrogen-bond acceptors (Lipinski definition) is 6. The number of halogens is 1. The van der Waals surface area contributed by atoms with E-state index in [1.807, 2.05) is 0 Å². The summed E-state index contributed by atoms with van der Waals surface area (Å²) in [6.45, 7) is 6.81. The number of aromatic carboxylic acids is 1. The van der Waals surface area contributed by atoms with Crippen LogP contribution in [-0.4, -0.2) is 40.1 Å². The fourth-order valence-corrected chi connectivity index (χ4v) is 2.75. The van der Waals surface area contributed by atoms with Gasteiger partial charge in [0, 0.05) is 5.56 Å². The zero-order valence-corrected chi connectivity index (χ0v) is 17.1. The first-order chi connectivity index (χ1) is 13.0. The van der Waals surface area contributed by atoms with Crippen LogP contribution in [0.1, 0.15) is 42.4 Å². The van der Waals surface area contributed by atoms with Crippen molar-refractivity contribution in [3.05, 3.63) is 46.2 Å². The van der Waals surface area contributed by atoms with Gasteiger partial charge in [-0.25, -0.2) is 9.59 Å². The third kappa shape index (κ3) is 5.10. The molecule has 28 heavy (non-hydrogen) atoms. The van der Waals surface area contributed by atoms with Gasteiger partial charge in [-0.1, -0.05) is 23.7 Å². The highest BCUT2D eigenvalue weighted by Crippen LogP contribution is 2.32. The van der Waals surface area contributed by atoms with Crippen LogP contribution in [0.4, 0.5) is 10.5 Å². The van der Waals surface area contributed by atoms with E-state index in [9.17, 15) is 14.7 Å². The molecule has 0 aliphatic rings. The average Bonchev–Trinajstić information content (AvgIpc) is 2.59. The summed E-state index contributed by atoms with van der Waals surface area (Å²) < 4.78 is 10.6. The lowest BCUT2D eigenvalue weighted by molar-refractivity contribution is 0.0574. The molecule has 0 atom stereocenters. The summed E-state index contributed by atoms with van der Waals surface area (Å²) in [5, 5.41) is 16.5. The molecule has 0 radical (unpaired) electrons. The van der Waals surface area contributed by atoms with Crippen LogP contribution in [0.5, 0.6) is 5.75 Å². The molecule has 1 aromatic heterocycles. The number of benzene rings is 1. The second-order valence-electron chi connectivity index (χ2n) is 7.03. The minimum Gasteiger partial charge on any atom is -0.497 e. The van der Waals surface area contributed by atoms with Crippen LogP contribution in [0, 0.1) is 6.92 Å².